The molecule has 3 nitrogen and oxygen atoms in total. The Bertz CT molecular complexity index is 182. The zero-order valence-electron chi connectivity index (χ0n) is 8.54. The number of hydrogen-bond acceptors (Lipinski definition) is 3. The first-order valence-corrected chi connectivity index (χ1v) is 5.65. The molecular weight excluding hydrogens is 184 g/mol. The van der Waals surface area contributed by atoms with Gasteiger partial charge >= 0.3 is 0 Å². The van der Waals surface area contributed by atoms with Crippen LogP contribution in [0.25, 0.3) is 0 Å². The zero-order valence-corrected chi connectivity index (χ0v) is 9.36. The second-order valence-electron chi connectivity index (χ2n) is 3.49. The molecule has 0 aromatic rings. The fourth-order valence-corrected chi connectivity index (χ4v) is 2.32. The van der Waals surface area contributed by atoms with E-state index in [2.05, 4.69) is 24.2 Å². The van der Waals surface area contributed by atoms with E-state index in [4.69, 9.17) is 4.74 Å². The Labute approximate surface area is 84.3 Å². The van der Waals surface area contributed by atoms with E-state index in [-0.39, 0.29) is 0 Å². The van der Waals surface area contributed by atoms with Gasteiger partial charge in [-0.2, -0.15) is 0 Å². The average molecular weight is 202 g/mol. The van der Waals surface area contributed by atoms with Crippen LogP contribution < -0.4 is 5.32 Å². The maximum atomic E-state index is 4.93. The molecule has 1 heterocycles. The summed E-state index contributed by atoms with van der Waals surface area (Å²) in [6.45, 7) is 5.93. The number of ether oxygens (including phenoxy) is 1. The van der Waals surface area contributed by atoms with Gasteiger partial charge in [0.1, 0.15) is 0 Å². The van der Waals surface area contributed by atoms with Gasteiger partial charge in [-0.1, -0.05) is 25.6 Å². The first-order chi connectivity index (χ1) is 6.24. The predicted molar refractivity (Wildman–Crippen MR) is 58.4 cm³/mol. The minimum absolute atomic E-state index is 0.589. The molecule has 0 bridgehead atoms. The standard InChI is InChI=1S/C9H18N2OS/c1-7(2)8-6-13-9(11-8)10-4-5-12-3/h7-8H,4-6H2,1-3H3,(H,10,11)/t8-/m1/s1. The minimum Gasteiger partial charge on any atom is -0.383 e. The fraction of sp³-hybridized carbons (Fsp3) is 0.889. The molecule has 0 aromatic heterocycles. The van der Waals surface area contributed by atoms with Gasteiger partial charge in [0.25, 0.3) is 0 Å². The first kappa shape index (κ1) is 10.9. The van der Waals surface area contributed by atoms with Crippen LogP contribution >= 0.6 is 11.8 Å². The average Bonchev–Trinajstić information content (AvgIpc) is 2.53. The van der Waals surface area contributed by atoms with E-state index < -0.39 is 0 Å². The number of hydrogen-bond donors (Lipinski definition) is 1. The van der Waals surface area contributed by atoms with Crippen LogP contribution in [0.4, 0.5) is 0 Å². The quantitative estimate of drug-likeness (QED) is 0.699. The van der Waals surface area contributed by atoms with Crippen molar-refractivity contribution in [1.82, 2.24) is 5.32 Å². The van der Waals surface area contributed by atoms with Crippen LogP contribution in [0.1, 0.15) is 13.8 Å². The molecule has 1 aliphatic heterocycles. The lowest BCUT2D eigenvalue weighted by Crippen LogP contribution is -2.31. The SMILES string of the molecule is COCCN=C1N[C@@H](C(C)C)CS1. The molecule has 4 heteroatoms. The monoisotopic (exact) mass is 202 g/mol. The van der Waals surface area contributed by atoms with Crippen LogP contribution in [-0.4, -0.2) is 37.2 Å². The van der Waals surface area contributed by atoms with Gasteiger partial charge in [0.15, 0.2) is 5.17 Å². The van der Waals surface area contributed by atoms with Crippen molar-refractivity contribution in [3.63, 3.8) is 0 Å². The molecule has 1 atom stereocenters. The lowest BCUT2D eigenvalue weighted by molar-refractivity contribution is 0.208. The molecule has 76 valence electrons. The van der Waals surface area contributed by atoms with Gasteiger partial charge in [-0.15, -0.1) is 0 Å². The van der Waals surface area contributed by atoms with Gasteiger partial charge < -0.3 is 10.1 Å². The first-order valence-electron chi connectivity index (χ1n) is 4.66. The van der Waals surface area contributed by atoms with E-state index >= 15 is 0 Å². The summed E-state index contributed by atoms with van der Waals surface area (Å²) in [5, 5.41) is 4.49. The van der Waals surface area contributed by atoms with Gasteiger partial charge in [-0.25, -0.2) is 0 Å². The van der Waals surface area contributed by atoms with Crippen molar-refractivity contribution in [1.29, 1.82) is 0 Å². The van der Waals surface area contributed by atoms with Crippen LogP contribution in [0.15, 0.2) is 4.99 Å². The Hall–Kier alpha value is -0.220. The van der Waals surface area contributed by atoms with Crippen LogP contribution in [0.2, 0.25) is 0 Å². The van der Waals surface area contributed by atoms with Gasteiger partial charge in [0, 0.05) is 18.9 Å². The van der Waals surface area contributed by atoms with Gasteiger partial charge in [-0.05, 0) is 5.92 Å². The summed E-state index contributed by atoms with van der Waals surface area (Å²) in [7, 11) is 1.70. The Morgan fingerprint density at radius 3 is 3.00 bits per heavy atom. The number of nitrogens with one attached hydrogen (secondary N) is 1. The van der Waals surface area contributed by atoms with E-state index in [1.807, 2.05) is 11.8 Å². The molecule has 1 saturated heterocycles. The predicted octanol–water partition coefficient (Wildman–Crippen LogP) is 1.35. The fourth-order valence-electron chi connectivity index (χ4n) is 1.10. The van der Waals surface area contributed by atoms with Crippen molar-refractivity contribution >= 4 is 16.9 Å². The maximum absolute atomic E-state index is 4.93. The third-order valence-electron chi connectivity index (χ3n) is 2.06. The molecule has 0 aromatic carbocycles. The number of aliphatic imine (C=N–C) groups is 1. The van der Waals surface area contributed by atoms with Crippen molar-refractivity contribution in [3.05, 3.63) is 0 Å². The molecule has 0 radical (unpaired) electrons. The van der Waals surface area contributed by atoms with Crippen molar-refractivity contribution in [3.8, 4) is 0 Å². The lowest BCUT2D eigenvalue weighted by Gasteiger charge is -2.12. The summed E-state index contributed by atoms with van der Waals surface area (Å²) in [5.41, 5.74) is 0. The van der Waals surface area contributed by atoms with Gasteiger partial charge in [0.2, 0.25) is 0 Å². The highest BCUT2D eigenvalue weighted by Crippen LogP contribution is 2.18. The lowest BCUT2D eigenvalue weighted by atomic mass is 10.1. The number of amidine groups is 1. The normalized spacial score (nSPS) is 25.5. The highest BCUT2D eigenvalue weighted by molar-refractivity contribution is 8.14. The highest BCUT2D eigenvalue weighted by Gasteiger charge is 2.22. The summed E-state index contributed by atoms with van der Waals surface area (Å²) in [6.07, 6.45) is 0. The topological polar surface area (TPSA) is 33.6 Å². The largest absolute Gasteiger partial charge is 0.383 e. The second kappa shape index (κ2) is 5.50. The van der Waals surface area contributed by atoms with Gasteiger partial charge in [0.05, 0.1) is 13.2 Å². The maximum Gasteiger partial charge on any atom is 0.156 e. The molecule has 1 N–H and O–H groups in total. The molecule has 13 heavy (non-hydrogen) atoms. The highest BCUT2D eigenvalue weighted by atomic mass is 32.2. The molecule has 0 aliphatic carbocycles. The molecular formula is C9H18N2OS. The molecule has 1 fully saturated rings. The van der Waals surface area contributed by atoms with Crippen LogP contribution in [0.5, 0.6) is 0 Å². The molecule has 0 spiro atoms. The molecule has 0 amide bonds. The van der Waals surface area contributed by atoms with E-state index in [1.165, 1.54) is 0 Å². The smallest absolute Gasteiger partial charge is 0.156 e. The molecule has 1 aliphatic rings. The number of methoxy groups -OCH3 is 1. The number of thioether (sulfide) groups is 1. The van der Waals surface area contributed by atoms with E-state index in [9.17, 15) is 0 Å². The van der Waals surface area contributed by atoms with Gasteiger partial charge in [-0.3, -0.25) is 4.99 Å². The Kier molecular flexibility index (Phi) is 4.59. The van der Waals surface area contributed by atoms with Crippen molar-refractivity contribution < 1.29 is 4.74 Å². The third kappa shape index (κ3) is 3.56. The number of nitrogens with zero attached hydrogens (tertiary/aromatic N) is 1. The molecule has 0 saturated carbocycles. The van der Waals surface area contributed by atoms with Crippen molar-refractivity contribution in [2.75, 3.05) is 26.0 Å². The molecule has 0 unspecified atom stereocenters. The summed E-state index contributed by atoms with van der Waals surface area (Å²) in [5.74, 6) is 1.83. The second-order valence-corrected chi connectivity index (χ2v) is 4.49. The zero-order chi connectivity index (χ0) is 9.68. The molecule has 1 rings (SSSR count). The Morgan fingerprint density at radius 1 is 1.69 bits per heavy atom. The summed E-state index contributed by atoms with van der Waals surface area (Å²) >= 11 is 1.81. The van der Waals surface area contributed by atoms with Crippen molar-refractivity contribution in [2.45, 2.75) is 19.9 Å². The van der Waals surface area contributed by atoms with E-state index in [0.29, 0.717) is 18.6 Å². The van der Waals surface area contributed by atoms with Crippen molar-refractivity contribution in [2.24, 2.45) is 10.9 Å². The summed E-state index contributed by atoms with van der Waals surface area (Å²) in [6, 6.07) is 0.589. The minimum atomic E-state index is 0.589. The summed E-state index contributed by atoms with van der Waals surface area (Å²) in [4.78, 5) is 4.39. The van der Waals surface area contributed by atoms with Crippen LogP contribution in [0, 0.1) is 5.92 Å². The Balaban J connectivity index is 2.27. The van der Waals surface area contributed by atoms with E-state index in [0.717, 1.165) is 17.5 Å². The third-order valence-corrected chi connectivity index (χ3v) is 3.11. The Morgan fingerprint density at radius 2 is 2.46 bits per heavy atom. The summed E-state index contributed by atoms with van der Waals surface area (Å²) < 4.78 is 4.93. The number of rotatable bonds is 4. The van der Waals surface area contributed by atoms with Crippen LogP contribution in [-0.2, 0) is 4.74 Å². The van der Waals surface area contributed by atoms with Crippen LogP contribution in [0.3, 0.4) is 0 Å². The van der Waals surface area contributed by atoms with E-state index in [1.54, 1.807) is 7.11 Å².